The lowest BCUT2D eigenvalue weighted by atomic mass is 9.79. The Balaban J connectivity index is 1.81. The maximum absolute atomic E-state index is 12.9. The highest BCUT2D eigenvalue weighted by Crippen LogP contribution is 2.47. The zero-order chi connectivity index (χ0) is 22.0. The number of hydrogen-bond acceptors (Lipinski definition) is 6. The van der Waals surface area contributed by atoms with Crippen molar-refractivity contribution in [2.24, 2.45) is 0 Å². The van der Waals surface area contributed by atoms with E-state index in [1.54, 1.807) is 6.08 Å². The molecule has 1 N–H and O–H groups in total. The third-order valence-electron chi connectivity index (χ3n) is 5.77. The first-order chi connectivity index (χ1) is 15.0. The Bertz CT molecular complexity index is 1040. The van der Waals surface area contributed by atoms with Crippen LogP contribution in [-0.2, 0) is 30.2 Å². The molecule has 2 aliphatic rings. The van der Waals surface area contributed by atoms with Crippen LogP contribution in [0.1, 0.15) is 11.1 Å². The highest BCUT2D eigenvalue weighted by Gasteiger charge is 2.58. The fourth-order valence-corrected chi connectivity index (χ4v) is 4.25. The molecule has 3 atom stereocenters. The van der Waals surface area contributed by atoms with Crippen molar-refractivity contribution in [1.82, 2.24) is 0 Å². The molecule has 0 spiro atoms. The second kappa shape index (κ2) is 8.40. The molecule has 0 amide bonds. The molecular formula is C25H25NO5. The van der Waals surface area contributed by atoms with Crippen LogP contribution in [0.2, 0.25) is 0 Å². The molecule has 2 heterocycles. The largest absolute Gasteiger partial charge is 0.466 e. The SMILES string of the molecule is COC(=O)C1=C(C(=O)OC)C2([C@@H](Cc3ccccc3)Nc3ccc(C)cc3)C=CC1O2. The number of anilines is 1. The molecule has 0 radical (unpaired) electrons. The molecule has 4 rings (SSSR count). The highest BCUT2D eigenvalue weighted by atomic mass is 16.6. The van der Waals surface area contributed by atoms with Gasteiger partial charge in [-0.1, -0.05) is 54.1 Å². The van der Waals surface area contributed by atoms with E-state index in [4.69, 9.17) is 14.2 Å². The van der Waals surface area contributed by atoms with Gasteiger partial charge in [-0.15, -0.1) is 0 Å². The van der Waals surface area contributed by atoms with Crippen molar-refractivity contribution in [3.05, 3.63) is 89.0 Å². The Morgan fingerprint density at radius 3 is 2.35 bits per heavy atom. The predicted octanol–water partition coefficient (Wildman–Crippen LogP) is 3.37. The molecule has 2 aromatic rings. The molecule has 2 aromatic carbocycles. The number of fused-ring (bicyclic) bond motifs is 2. The van der Waals surface area contributed by atoms with Crippen LogP contribution in [0, 0.1) is 6.92 Å². The Labute approximate surface area is 181 Å². The molecule has 0 saturated heterocycles. The van der Waals surface area contributed by atoms with Crippen molar-refractivity contribution >= 4 is 17.6 Å². The van der Waals surface area contributed by atoms with E-state index in [-0.39, 0.29) is 17.2 Å². The van der Waals surface area contributed by atoms with E-state index >= 15 is 0 Å². The molecule has 0 saturated carbocycles. The van der Waals surface area contributed by atoms with E-state index in [1.165, 1.54) is 14.2 Å². The summed E-state index contributed by atoms with van der Waals surface area (Å²) >= 11 is 0. The molecule has 2 aliphatic heterocycles. The zero-order valence-corrected chi connectivity index (χ0v) is 17.8. The Morgan fingerprint density at radius 1 is 1.03 bits per heavy atom. The minimum Gasteiger partial charge on any atom is -0.466 e. The van der Waals surface area contributed by atoms with Crippen molar-refractivity contribution in [1.29, 1.82) is 0 Å². The van der Waals surface area contributed by atoms with Gasteiger partial charge in [-0.2, -0.15) is 0 Å². The van der Waals surface area contributed by atoms with Crippen LogP contribution in [0.4, 0.5) is 5.69 Å². The number of rotatable bonds is 7. The molecule has 31 heavy (non-hydrogen) atoms. The van der Waals surface area contributed by atoms with Crippen LogP contribution in [0.3, 0.4) is 0 Å². The zero-order valence-electron chi connectivity index (χ0n) is 17.8. The van der Waals surface area contributed by atoms with Gasteiger partial charge in [0.2, 0.25) is 0 Å². The Hall–Kier alpha value is -3.38. The van der Waals surface area contributed by atoms with E-state index in [0.717, 1.165) is 16.8 Å². The normalized spacial score (nSPS) is 22.4. The van der Waals surface area contributed by atoms with Crippen LogP contribution in [0.5, 0.6) is 0 Å². The highest BCUT2D eigenvalue weighted by molar-refractivity contribution is 6.05. The first-order valence-electron chi connectivity index (χ1n) is 10.1. The van der Waals surface area contributed by atoms with Gasteiger partial charge in [-0.05, 0) is 37.1 Å². The lowest BCUT2D eigenvalue weighted by Gasteiger charge is -2.36. The second-order valence-corrected chi connectivity index (χ2v) is 7.72. The summed E-state index contributed by atoms with van der Waals surface area (Å²) in [5, 5.41) is 3.53. The van der Waals surface area contributed by atoms with Crippen LogP contribution in [0.25, 0.3) is 0 Å². The average molecular weight is 419 g/mol. The number of aryl methyl sites for hydroxylation is 1. The summed E-state index contributed by atoms with van der Waals surface area (Å²) in [7, 11) is 2.59. The summed E-state index contributed by atoms with van der Waals surface area (Å²) in [6.45, 7) is 2.02. The standard InChI is InChI=1S/C25H25NO5/c1-16-9-11-18(12-10-16)26-20(15-17-7-5-4-6-8-17)25-14-13-19(31-25)21(23(27)29-2)22(25)24(28)30-3/h4-14,19-20,26H,15H2,1-3H3/t19?,20-,25?/m1/s1. The number of benzene rings is 2. The average Bonchev–Trinajstić information content (AvgIpc) is 3.38. The minimum atomic E-state index is -1.16. The van der Waals surface area contributed by atoms with Crippen LogP contribution in [-0.4, -0.2) is 43.9 Å². The maximum Gasteiger partial charge on any atom is 0.337 e. The number of nitrogens with one attached hydrogen (secondary N) is 1. The first-order valence-corrected chi connectivity index (χ1v) is 10.1. The topological polar surface area (TPSA) is 73.9 Å². The van der Waals surface area contributed by atoms with Crippen molar-refractivity contribution in [3.63, 3.8) is 0 Å². The number of ether oxygens (including phenoxy) is 3. The van der Waals surface area contributed by atoms with Gasteiger partial charge in [0.05, 0.1) is 31.4 Å². The number of esters is 2. The summed E-state index contributed by atoms with van der Waals surface area (Å²) in [4.78, 5) is 25.4. The van der Waals surface area contributed by atoms with Crippen molar-refractivity contribution in [3.8, 4) is 0 Å². The third-order valence-corrected chi connectivity index (χ3v) is 5.77. The lowest BCUT2D eigenvalue weighted by Crippen LogP contribution is -2.49. The number of carbonyl (C=O) groups excluding carboxylic acids is 2. The van der Waals surface area contributed by atoms with Crippen LogP contribution >= 0.6 is 0 Å². The Kier molecular flexibility index (Phi) is 5.65. The van der Waals surface area contributed by atoms with Gasteiger partial charge in [0.15, 0.2) is 0 Å². The molecular weight excluding hydrogens is 394 g/mol. The van der Waals surface area contributed by atoms with Gasteiger partial charge < -0.3 is 19.5 Å². The molecule has 6 nitrogen and oxygen atoms in total. The fraction of sp³-hybridized carbons (Fsp3) is 0.280. The lowest BCUT2D eigenvalue weighted by molar-refractivity contribution is -0.139. The molecule has 160 valence electrons. The maximum atomic E-state index is 12.9. The number of hydrogen-bond donors (Lipinski definition) is 1. The smallest absolute Gasteiger partial charge is 0.337 e. The molecule has 0 aromatic heterocycles. The molecule has 2 bridgehead atoms. The summed E-state index contributed by atoms with van der Waals surface area (Å²) in [6, 6.07) is 17.6. The summed E-state index contributed by atoms with van der Waals surface area (Å²) in [5.41, 5.74) is 2.32. The van der Waals surface area contributed by atoms with Gasteiger partial charge >= 0.3 is 11.9 Å². The van der Waals surface area contributed by atoms with Crippen LogP contribution < -0.4 is 5.32 Å². The van der Waals surface area contributed by atoms with Gasteiger partial charge in [0, 0.05) is 5.69 Å². The summed E-state index contributed by atoms with van der Waals surface area (Å²) in [6.07, 6.45) is 3.55. The summed E-state index contributed by atoms with van der Waals surface area (Å²) < 4.78 is 16.3. The number of carbonyl (C=O) groups is 2. The van der Waals surface area contributed by atoms with Crippen molar-refractivity contribution in [2.75, 3.05) is 19.5 Å². The fourth-order valence-electron chi connectivity index (χ4n) is 4.25. The molecule has 0 aliphatic carbocycles. The quantitative estimate of drug-likeness (QED) is 0.548. The second-order valence-electron chi connectivity index (χ2n) is 7.72. The first kappa shape index (κ1) is 20.9. The third kappa shape index (κ3) is 3.75. The van der Waals surface area contributed by atoms with E-state index in [9.17, 15) is 9.59 Å². The molecule has 0 fully saturated rings. The minimum absolute atomic E-state index is 0.190. The summed E-state index contributed by atoms with van der Waals surface area (Å²) in [5.74, 6) is -1.19. The molecule has 2 unspecified atom stereocenters. The van der Waals surface area contributed by atoms with Gasteiger partial charge in [0.25, 0.3) is 0 Å². The van der Waals surface area contributed by atoms with E-state index in [1.807, 2.05) is 67.6 Å². The van der Waals surface area contributed by atoms with Crippen molar-refractivity contribution in [2.45, 2.75) is 31.1 Å². The van der Waals surface area contributed by atoms with E-state index < -0.39 is 23.6 Å². The van der Waals surface area contributed by atoms with Gasteiger partial charge in [-0.25, -0.2) is 9.59 Å². The Morgan fingerprint density at radius 2 is 1.71 bits per heavy atom. The van der Waals surface area contributed by atoms with E-state index in [0.29, 0.717) is 6.42 Å². The van der Waals surface area contributed by atoms with Gasteiger partial charge in [0.1, 0.15) is 11.7 Å². The van der Waals surface area contributed by atoms with Crippen LogP contribution in [0.15, 0.2) is 77.9 Å². The monoisotopic (exact) mass is 419 g/mol. The van der Waals surface area contributed by atoms with Gasteiger partial charge in [-0.3, -0.25) is 0 Å². The number of methoxy groups -OCH3 is 2. The van der Waals surface area contributed by atoms with E-state index in [2.05, 4.69) is 5.32 Å². The predicted molar refractivity (Wildman–Crippen MR) is 117 cm³/mol. The molecule has 6 heteroatoms. The van der Waals surface area contributed by atoms with Crippen molar-refractivity contribution < 1.29 is 23.8 Å².